The second kappa shape index (κ2) is 6.06. The molecular weight excluding hydrogens is 302 g/mol. The van der Waals surface area contributed by atoms with E-state index in [1.54, 1.807) is 0 Å². The van der Waals surface area contributed by atoms with Gasteiger partial charge in [-0.3, -0.25) is 9.78 Å². The van der Waals surface area contributed by atoms with Crippen LogP contribution in [0.1, 0.15) is 19.8 Å². The zero-order valence-corrected chi connectivity index (χ0v) is 13.9. The highest BCUT2D eigenvalue weighted by atomic mass is 16.3. The molecule has 2 aromatic rings. The van der Waals surface area contributed by atoms with Gasteiger partial charge in [0.25, 0.3) is 0 Å². The molecule has 0 unspecified atom stereocenters. The molecule has 1 aliphatic carbocycles. The van der Waals surface area contributed by atoms with E-state index in [0.717, 1.165) is 31.4 Å². The van der Waals surface area contributed by atoms with Crippen LogP contribution in [0.15, 0.2) is 36.5 Å². The molecule has 2 fully saturated rings. The Balaban J connectivity index is 1.57. The average Bonchev–Trinajstić information content (AvgIpc) is 2.96. The lowest BCUT2D eigenvalue weighted by Gasteiger charge is -2.35. The van der Waals surface area contributed by atoms with E-state index in [1.165, 1.54) is 18.0 Å². The highest BCUT2D eigenvalue weighted by molar-refractivity contribution is 5.91. The molecule has 0 spiro atoms. The molecule has 1 aromatic heterocycles. The number of aliphatic hydroxyl groups is 1. The summed E-state index contributed by atoms with van der Waals surface area (Å²) in [5.41, 5.74) is 2.24. The van der Waals surface area contributed by atoms with Gasteiger partial charge in [0.15, 0.2) is 0 Å². The molecule has 5 heteroatoms. The molecule has 4 atom stereocenters. The number of carbonyl (C=O) groups is 1. The SMILES string of the molecule is CC(=O)N[C@@H]1C[C@@H]2CN(c3ccnc4ccccc34)C[C@@H]2C[C@H]1O. The van der Waals surface area contributed by atoms with Gasteiger partial charge in [-0.05, 0) is 36.8 Å². The second-order valence-corrected chi connectivity index (χ2v) is 7.12. The maximum Gasteiger partial charge on any atom is 0.217 e. The number of anilines is 1. The number of benzene rings is 1. The Kier molecular flexibility index (Phi) is 3.88. The minimum absolute atomic E-state index is 0.0625. The number of aromatic nitrogens is 1. The maximum atomic E-state index is 11.3. The predicted octanol–water partition coefficient (Wildman–Crippen LogP) is 1.95. The second-order valence-electron chi connectivity index (χ2n) is 7.12. The van der Waals surface area contributed by atoms with Crippen LogP contribution >= 0.6 is 0 Å². The van der Waals surface area contributed by atoms with Crippen molar-refractivity contribution >= 4 is 22.5 Å². The minimum atomic E-state index is -0.440. The molecule has 24 heavy (non-hydrogen) atoms. The fraction of sp³-hybridized carbons (Fsp3) is 0.474. The van der Waals surface area contributed by atoms with Crippen molar-refractivity contribution in [2.24, 2.45) is 11.8 Å². The number of amides is 1. The monoisotopic (exact) mass is 325 g/mol. The lowest BCUT2D eigenvalue weighted by atomic mass is 9.77. The summed E-state index contributed by atoms with van der Waals surface area (Å²) in [6, 6.07) is 10.2. The largest absolute Gasteiger partial charge is 0.391 e. The summed E-state index contributed by atoms with van der Waals surface area (Å²) >= 11 is 0. The third-order valence-electron chi connectivity index (χ3n) is 5.50. The van der Waals surface area contributed by atoms with Gasteiger partial charge in [0.05, 0.1) is 17.7 Å². The first-order valence-corrected chi connectivity index (χ1v) is 8.65. The third kappa shape index (κ3) is 2.73. The van der Waals surface area contributed by atoms with E-state index in [4.69, 9.17) is 0 Å². The van der Waals surface area contributed by atoms with Gasteiger partial charge in [0.1, 0.15) is 0 Å². The van der Waals surface area contributed by atoms with Gasteiger partial charge < -0.3 is 15.3 Å². The molecule has 2 heterocycles. The van der Waals surface area contributed by atoms with Gasteiger partial charge in [-0.2, -0.15) is 0 Å². The molecule has 2 aliphatic rings. The molecule has 2 N–H and O–H groups in total. The number of pyridine rings is 1. The molecule has 4 rings (SSSR count). The van der Waals surface area contributed by atoms with Crippen LogP contribution in [-0.4, -0.2) is 41.2 Å². The molecule has 5 nitrogen and oxygen atoms in total. The number of rotatable bonds is 2. The number of fused-ring (bicyclic) bond motifs is 2. The fourth-order valence-electron chi connectivity index (χ4n) is 4.40. The van der Waals surface area contributed by atoms with Crippen LogP contribution in [0.2, 0.25) is 0 Å². The van der Waals surface area contributed by atoms with Crippen molar-refractivity contribution in [2.45, 2.75) is 31.9 Å². The first kappa shape index (κ1) is 15.4. The molecule has 1 aliphatic heterocycles. The highest BCUT2D eigenvalue weighted by Gasteiger charge is 2.42. The number of para-hydroxylation sites is 1. The van der Waals surface area contributed by atoms with Gasteiger partial charge in [-0.1, -0.05) is 18.2 Å². The van der Waals surface area contributed by atoms with E-state index in [-0.39, 0.29) is 11.9 Å². The summed E-state index contributed by atoms with van der Waals surface area (Å²) < 4.78 is 0. The molecule has 1 saturated carbocycles. The summed E-state index contributed by atoms with van der Waals surface area (Å²) in [7, 11) is 0. The van der Waals surface area contributed by atoms with E-state index < -0.39 is 6.10 Å². The summed E-state index contributed by atoms with van der Waals surface area (Å²) in [5.74, 6) is 0.932. The van der Waals surface area contributed by atoms with Crippen molar-refractivity contribution in [3.8, 4) is 0 Å². The van der Waals surface area contributed by atoms with E-state index in [1.807, 2.05) is 24.4 Å². The van der Waals surface area contributed by atoms with Crippen LogP contribution in [0.4, 0.5) is 5.69 Å². The van der Waals surface area contributed by atoms with Crippen LogP contribution in [0.5, 0.6) is 0 Å². The van der Waals surface area contributed by atoms with Crippen molar-refractivity contribution in [1.82, 2.24) is 10.3 Å². The first-order valence-electron chi connectivity index (χ1n) is 8.65. The van der Waals surface area contributed by atoms with Crippen LogP contribution in [0.3, 0.4) is 0 Å². The summed E-state index contributed by atoms with van der Waals surface area (Å²) in [6.45, 7) is 3.45. The average molecular weight is 325 g/mol. The smallest absolute Gasteiger partial charge is 0.217 e. The Hall–Kier alpha value is -2.14. The van der Waals surface area contributed by atoms with Crippen molar-refractivity contribution in [1.29, 1.82) is 0 Å². The zero-order valence-electron chi connectivity index (χ0n) is 13.9. The highest BCUT2D eigenvalue weighted by Crippen LogP contribution is 2.39. The van der Waals surface area contributed by atoms with Gasteiger partial charge in [-0.25, -0.2) is 0 Å². The summed E-state index contributed by atoms with van der Waals surface area (Å²) in [4.78, 5) is 18.2. The standard InChI is InChI=1S/C19H23N3O2/c1-12(23)21-17-8-13-10-22(11-14(13)9-19(17)24)18-6-7-20-16-5-3-2-4-15(16)18/h2-7,13-14,17,19,24H,8-11H2,1H3,(H,21,23)/t13-,14+,17-,19-/m1/s1. The Morgan fingerprint density at radius 1 is 1.21 bits per heavy atom. The van der Waals surface area contributed by atoms with Crippen LogP contribution in [-0.2, 0) is 4.79 Å². The zero-order chi connectivity index (χ0) is 16.7. The fourth-order valence-corrected chi connectivity index (χ4v) is 4.40. The minimum Gasteiger partial charge on any atom is -0.391 e. The predicted molar refractivity (Wildman–Crippen MR) is 93.8 cm³/mol. The Labute approximate surface area is 141 Å². The van der Waals surface area contributed by atoms with Crippen LogP contribution in [0.25, 0.3) is 10.9 Å². The maximum absolute atomic E-state index is 11.3. The van der Waals surface area contributed by atoms with E-state index >= 15 is 0 Å². The lowest BCUT2D eigenvalue weighted by Crippen LogP contribution is -2.48. The molecule has 1 amide bonds. The summed E-state index contributed by atoms with van der Waals surface area (Å²) in [6.07, 6.45) is 3.04. The number of nitrogens with zero attached hydrogens (tertiary/aromatic N) is 2. The molecule has 126 valence electrons. The number of hydrogen-bond donors (Lipinski definition) is 2. The Morgan fingerprint density at radius 2 is 1.96 bits per heavy atom. The van der Waals surface area contributed by atoms with Crippen molar-refractivity contribution in [3.63, 3.8) is 0 Å². The molecular formula is C19H23N3O2. The van der Waals surface area contributed by atoms with Gasteiger partial charge in [0, 0.05) is 37.3 Å². The van der Waals surface area contributed by atoms with E-state index in [2.05, 4.69) is 27.3 Å². The van der Waals surface area contributed by atoms with Gasteiger partial charge >= 0.3 is 0 Å². The number of carbonyl (C=O) groups excluding carboxylic acids is 1. The first-order chi connectivity index (χ1) is 11.6. The topological polar surface area (TPSA) is 65.5 Å². The number of nitrogens with one attached hydrogen (secondary N) is 1. The van der Waals surface area contributed by atoms with Gasteiger partial charge in [-0.15, -0.1) is 0 Å². The van der Waals surface area contributed by atoms with Crippen molar-refractivity contribution < 1.29 is 9.90 Å². The molecule has 0 bridgehead atoms. The summed E-state index contributed by atoms with van der Waals surface area (Å²) in [5, 5.41) is 14.4. The van der Waals surface area contributed by atoms with E-state index in [0.29, 0.717) is 11.8 Å². The van der Waals surface area contributed by atoms with Gasteiger partial charge in [0.2, 0.25) is 5.91 Å². The molecule has 1 aromatic carbocycles. The third-order valence-corrected chi connectivity index (χ3v) is 5.50. The van der Waals surface area contributed by atoms with E-state index in [9.17, 15) is 9.90 Å². The molecule has 0 radical (unpaired) electrons. The lowest BCUT2D eigenvalue weighted by molar-refractivity contribution is -0.121. The van der Waals surface area contributed by atoms with Crippen LogP contribution in [0, 0.1) is 11.8 Å². The Bertz CT molecular complexity index is 758. The van der Waals surface area contributed by atoms with Crippen LogP contribution < -0.4 is 10.2 Å². The van der Waals surface area contributed by atoms with Crippen molar-refractivity contribution in [3.05, 3.63) is 36.5 Å². The Morgan fingerprint density at radius 3 is 2.75 bits per heavy atom. The number of aliphatic hydroxyl groups excluding tert-OH is 1. The number of hydrogen-bond acceptors (Lipinski definition) is 4. The van der Waals surface area contributed by atoms with Crippen molar-refractivity contribution in [2.75, 3.05) is 18.0 Å². The quantitative estimate of drug-likeness (QED) is 0.886. The molecule has 1 saturated heterocycles. The normalized spacial score (nSPS) is 29.5.